The maximum absolute atomic E-state index is 12.4. The molecule has 1 heterocycles. The number of hydrogen-bond acceptors (Lipinski definition) is 5. The topological polar surface area (TPSA) is 109 Å². The first-order valence-corrected chi connectivity index (χ1v) is 9.33. The van der Waals surface area contributed by atoms with Crippen LogP contribution in [-0.4, -0.2) is 10.8 Å². The summed E-state index contributed by atoms with van der Waals surface area (Å²) in [5, 5.41) is 23.5. The number of hydrogen-bond donors (Lipinski definition) is 1. The summed E-state index contributed by atoms with van der Waals surface area (Å²) < 4.78 is 5.62. The summed E-state index contributed by atoms with van der Waals surface area (Å²) in [6.45, 7) is 0. The summed E-state index contributed by atoms with van der Waals surface area (Å²) in [7, 11) is 0. The van der Waals surface area contributed by atoms with Gasteiger partial charge in [0.1, 0.15) is 23.2 Å². The van der Waals surface area contributed by atoms with Crippen molar-refractivity contribution in [2.45, 2.75) is 0 Å². The van der Waals surface area contributed by atoms with Gasteiger partial charge in [-0.05, 0) is 36.4 Å². The molecule has 0 bridgehead atoms. The fraction of sp³-hybridized carbons (Fsp3) is 0. The molecule has 1 amide bonds. The number of nitro benzene ring substituents is 1. The molecule has 0 aliphatic carbocycles. The van der Waals surface area contributed by atoms with E-state index in [1.165, 1.54) is 48.5 Å². The van der Waals surface area contributed by atoms with Crippen molar-refractivity contribution in [1.82, 2.24) is 0 Å². The molecule has 0 fully saturated rings. The molecular formula is C20H10Cl3N3O4. The summed E-state index contributed by atoms with van der Waals surface area (Å²) in [6, 6.07) is 13.3. The van der Waals surface area contributed by atoms with Crippen molar-refractivity contribution in [3.63, 3.8) is 0 Å². The van der Waals surface area contributed by atoms with Crippen molar-refractivity contribution < 1.29 is 14.1 Å². The van der Waals surface area contributed by atoms with Crippen LogP contribution in [0.2, 0.25) is 15.1 Å². The van der Waals surface area contributed by atoms with Gasteiger partial charge in [-0.25, -0.2) is 0 Å². The number of amides is 1. The highest BCUT2D eigenvalue weighted by Crippen LogP contribution is 2.32. The summed E-state index contributed by atoms with van der Waals surface area (Å²) in [4.78, 5) is 22.7. The van der Waals surface area contributed by atoms with Crippen LogP contribution >= 0.6 is 34.8 Å². The number of nitriles is 1. The molecule has 0 spiro atoms. The smallest absolute Gasteiger partial charge is 0.270 e. The molecule has 1 N–H and O–H groups in total. The van der Waals surface area contributed by atoms with Crippen LogP contribution in [0.1, 0.15) is 5.76 Å². The third kappa shape index (κ3) is 4.99. The van der Waals surface area contributed by atoms with E-state index in [1.807, 2.05) is 0 Å². The molecule has 1 aromatic heterocycles. The van der Waals surface area contributed by atoms with E-state index < -0.39 is 10.8 Å². The minimum atomic E-state index is -0.679. The van der Waals surface area contributed by atoms with Crippen LogP contribution in [0.4, 0.5) is 11.4 Å². The number of nitro groups is 1. The first kappa shape index (κ1) is 21.4. The largest absolute Gasteiger partial charge is 0.457 e. The van der Waals surface area contributed by atoms with E-state index in [9.17, 15) is 20.2 Å². The number of carbonyl (C=O) groups is 1. The van der Waals surface area contributed by atoms with Crippen LogP contribution < -0.4 is 5.32 Å². The molecule has 0 aliphatic heterocycles. The van der Waals surface area contributed by atoms with Crippen LogP contribution in [0, 0.1) is 21.4 Å². The number of non-ortho nitro benzene ring substituents is 1. The minimum Gasteiger partial charge on any atom is -0.457 e. The Labute approximate surface area is 185 Å². The Kier molecular flexibility index (Phi) is 6.43. The third-order valence-electron chi connectivity index (χ3n) is 3.83. The second-order valence-electron chi connectivity index (χ2n) is 5.91. The number of nitrogens with zero attached hydrogens (tertiary/aromatic N) is 2. The van der Waals surface area contributed by atoms with Gasteiger partial charge < -0.3 is 9.73 Å². The quantitative estimate of drug-likeness (QED) is 0.205. The van der Waals surface area contributed by atoms with E-state index in [0.29, 0.717) is 27.1 Å². The number of anilines is 1. The Morgan fingerprint density at radius 3 is 2.40 bits per heavy atom. The first-order chi connectivity index (χ1) is 14.3. The van der Waals surface area contributed by atoms with Gasteiger partial charge in [0, 0.05) is 39.5 Å². The molecular weight excluding hydrogens is 453 g/mol. The number of furan rings is 1. The number of nitrogens with one attached hydrogen (secondary N) is 1. The molecule has 3 rings (SSSR count). The second kappa shape index (κ2) is 9.01. The number of benzene rings is 2. The summed E-state index contributed by atoms with van der Waals surface area (Å²) >= 11 is 17.9. The van der Waals surface area contributed by atoms with Gasteiger partial charge in [-0.3, -0.25) is 14.9 Å². The Morgan fingerprint density at radius 2 is 1.80 bits per heavy atom. The Morgan fingerprint density at radius 1 is 1.10 bits per heavy atom. The molecule has 30 heavy (non-hydrogen) atoms. The van der Waals surface area contributed by atoms with Crippen molar-refractivity contribution in [3.05, 3.63) is 85.0 Å². The highest BCUT2D eigenvalue weighted by atomic mass is 35.5. The van der Waals surface area contributed by atoms with Gasteiger partial charge in [0.15, 0.2) is 0 Å². The van der Waals surface area contributed by atoms with Gasteiger partial charge in [-0.1, -0.05) is 34.8 Å². The molecule has 2 aromatic carbocycles. The molecule has 0 saturated carbocycles. The second-order valence-corrected chi connectivity index (χ2v) is 7.19. The minimum absolute atomic E-state index is 0.130. The predicted molar refractivity (Wildman–Crippen MR) is 114 cm³/mol. The number of halogens is 3. The van der Waals surface area contributed by atoms with E-state index in [1.54, 1.807) is 12.1 Å². The van der Waals surface area contributed by atoms with E-state index in [0.717, 1.165) is 0 Å². The molecule has 0 aliphatic rings. The average Bonchev–Trinajstić information content (AvgIpc) is 3.13. The Balaban J connectivity index is 1.84. The molecule has 3 aromatic rings. The monoisotopic (exact) mass is 461 g/mol. The van der Waals surface area contributed by atoms with Crippen LogP contribution in [0.5, 0.6) is 0 Å². The molecule has 0 radical (unpaired) electrons. The maximum Gasteiger partial charge on any atom is 0.270 e. The lowest BCUT2D eigenvalue weighted by Crippen LogP contribution is -2.13. The van der Waals surface area contributed by atoms with Crippen LogP contribution in [0.25, 0.3) is 17.4 Å². The first-order valence-electron chi connectivity index (χ1n) is 8.20. The fourth-order valence-corrected chi connectivity index (χ4v) is 3.30. The van der Waals surface area contributed by atoms with E-state index in [-0.39, 0.29) is 22.0 Å². The highest BCUT2D eigenvalue weighted by Gasteiger charge is 2.15. The van der Waals surface area contributed by atoms with Gasteiger partial charge in [-0.2, -0.15) is 5.26 Å². The Bertz CT molecular complexity index is 1210. The average molecular weight is 463 g/mol. The van der Waals surface area contributed by atoms with Gasteiger partial charge in [-0.15, -0.1) is 0 Å². The lowest BCUT2D eigenvalue weighted by molar-refractivity contribution is -0.384. The predicted octanol–water partition coefficient (Wildman–Crippen LogP) is 6.36. The zero-order chi connectivity index (χ0) is 21.8. The van der Waals surface area contributed by atoms with Crippen molar-refractivity contribution in [3.8, 4) is 17.4 Å². The highest BCUT2D eigenvalue weighted by molar-refractivity contribution is 6.35. The van der Waals surface area contributed by atoms with Crippen LogP contribution in [0.15, 0.2) is 58.5 Å². The van der Waals surface area contributed by atoms with E-state index in [2.05, 4.69) is 5.32 Å². The van der Waals surface area contributed by atoms with Gasteiger partial charge >= 0.3 is 0 Å². The molecule has 0 saturated heterocycles. The SMILES string of the molecule is N#CC(=Cc1ccc(-c2ccc([N+](=O)[O-])cc2Cl)o1)C(=O)Nc1cc(Cl)cc(Cl)c1. The molecule has 150 valence electrons. The van der Waals surface area contributed by atoms with Gasteiger partial charge in [0.2, 0.25) is 0 Å². The summed E-state index contributed by atoms with van der Waals surface area (Å²) in [5.74, 6) is -0.141. The molecule has 7 nitrogen and oxygen atoms in total. The van der Waals surface area contributed by atoms with Crippen molar-refractivity contribution >= 4 is 58.2 Å². The lowest BCUT2D eigenvalue weighted by Gasteiger charge is -2.05. The van der Waals surface area contributed by atoms with Crippen molar-refractivity contribution in [2.75, 3.05) is 5.32 Å². The van der Waals surface area contributed by atoms with Gasteiger partial charge in [0.05, 0.1) is 9.95 Å². The van der Waals surface area contributed by atoms with Crippen molar-refractivity contribution in [2.24, 2.45) is 0 Å². The third-order valence-corrected chi connectivity index (χ3v) is 4.58. The molecule has 0 atom stereocenters. The van der Waals surface area contributed by atoms with E-state index in [4.69, 9.17) is 39.2 Å². The fourth-order valence-electron chi connectivity index (χ4n) is 2.51. The van der Waals surface area contributed by atoms with Crippen LogP contribution in [0.3, 0.4) is 0 Å². The zero-order valence-corrected chi connectivity index (χ0v) is 17.1. The van der Waals surface area contributed by atoms with Gasteiger partial charge in [0.25, 0.3) is 11.6 Å². The summed E-state index contributed by atoms with van der Waals surface area (Å²) in [6.07, 6.45) is 1.25. The standard InChI is InChI=1S/C20H10Cl3N3O4/c21-12-6-13(22)8-14(7-12)25-20(27)11(10-24)5-16-2-4-19(30-16)17-3-1-15(26(28)29)9-18(17)23/h1-9H,(H,25,27). The zero-order valence-electron chi connectivity index (χ0n) is 14.9. The number of carbonyl (C=O) groups excluding carboxylic acids is 1. The summed E-state index contributed by atoms with van der Waals surface area (Å²) in [5.41, 5.74) is 0.386. The molecule has 10 heteroatoms. The van der Waals surface area contributed by atoms with Crippen molar-refractivity contribution in [1.29, 1.82) is 5.26 Å². The van der Waals surface area contributed by atoms with Crippen LogP contribution in [-0.2, 0) is 4.79 Å². The number of rotatable bonds is 5. The lowest BCUT2D eigenvalue weighted by atomic mass is 10.1. The van der Waals surface area contributed by atoms with E-state index >= 15 is 0 Å². The molecule has 0 unspecified atom stereocenters. The normalized spacial score (nSPS) is 11.1. The maximum atomic E-state index is 12.4. The Hall–Kier alpha value is -3.31.